The minimum absolute atomic E-state index is 0.0766. The van der Waals surface area contributed by atoms with E-state index in [4.69, 9.17) is 14.2 Å². The van der Waals surface area contributed by atoms with Crippen molar-refractivity contribution >= 4 is 16.0 Å². The molecule has 8 heteroatoms. The van der Waals surface area contributed by atoms with Crippen molar-refractivity contribution in [3.05, 3.63) is 53.6 Å². The highest BCUT2D eigenvalue weighted by Crippen LogP contribution is 2.32. The van der Waals surface area contributed by atoms with Crippen molar-refractivity contribution < 1.29 is 27.4 Å². The zero-order valence-corrected chi connectivity index (χ0v) is 14.6. The second kappa shape index (κ2) is 6.73. The van der Waals surface area contributed by atoms with Gasteiger partial charge in [-0.2, -0.15) is 0 Å². The molecule has 0 bridgehead atoms. The number of esters is 1. The van der Waals surface area contributed by atoms with Gasteiger partial charge in [-0.25, -0.2) is 17.5 Å². The Bertz CT molecular complexity index is 890. The first-order valence-electron chi connectivity index (χ1n) is 7.46. The van der Waals surface area contributed by atoms with Crippen molar-refractivity contribution in [2.24, 2.45) is 0 Å². The van der Waals surface area contributed by atoms with Gasteiger partial charge in [0.1, 0.15) is 6.61 Å². The van der Waals surface area contributed by atoms with Crippen LogP contribution in [0.3, 0.4) is 0 Å². The van der Waals surface area contributed by atoms with Crippen LogP contribution in [0.5, 0.6) is 11.5 Å². The molecule has 1 aliphatic heterocycles. The number of hydrogen-bond acceptors (Lipinski definition) is 6. The summed E-state index contributed by atoms with van der Waals surface area (Å²) in [6.45, 7) is 0.258. The van der Waals surface area contributed by atoms with Crippen LogP contribution < -0.4 is 9.47 Å². The highest BCUT2D eigenvalue weighted by molar-refractivity contribution is 7.89. The quantitative estimate of drug-likeness (QED) is 0.756. The summed E-state index contributed by atoms with van der Waals surface area (Å²) in [5.41, 5.74) is 1.04. The Morgan fingerprint density at radius 2 is 1.76 bits per heavy atom. The first kappa shape index (κ1) is 17.2. The largest absolute Gasteiger partial charge is 0.457 e. The van der Waals surface area contributed by atoms with Gasteiger partial charge in [-0.05, 0) is 42.0 Å². The van der Waals surface area contributed by atoms with E-state index in [-0.39, 0.29) is 23.9 Å². The molecule has 1 heterocycles. The molecule has 0 radical (unpaired) electrons. The van der Waals surface area contributed by atoms with Gasteiger partial charge in [-0.1, -0.05) is 6.07 Å². The molecule has 0 saturated heterocycles. The van der Waals surface area contributed by atoms with E-state index < -0.39 is 16.0 Å². The fourth-order valence-corrected chi connectivity index (χ4v) is 3.14. The van der Waals surface area contributed by atoms with E-state index in [1.165, 1.54) is 38.4 Å². The average Bonchev–Trinajstić information content (AvgIpc) is 3.07. The topological polar surface area (TPSA) is 82.1 Å². The van der Waals surface area contributed by atoms with Crippen LogP contribution >= 0.6 is 0 Å². The minimum Gasteiger partial charge on any atom is -0.457 e. The van der Waals surface area contributed by atoms with Crippen LogP contribution in [0.2, 0.25) is 0 Å². The second-order valence-corrected chi connectivity index (χ2v) is 7.73. The molecule has 0 fully saturated rings. The first-order valence-corrected chi connectivity index (χ1v) is 8.90. The number of rotatable bonds is 5. The Labute approximate surface area is 145 Å². The molecule has 3 rings (SSSR count). The summed E-state index contributed by atoms with van der Waals surface area (Å²) >= 11 is 0. The van der Waals surface area contributed by atoms with Gasteiger partial charge in [0, 0.05) is 14.1 Å². The number of carbonyl (C=O) groups is 1. The molecule has 0 atom stereocenters. The van der Waals surface area contributed by atoms with E-state index in [1.54, 1.807) is 18.2 Å². The van der Waals surface area contributed by atoms with E-state index in [0.29, 0.717) is 11.5 Å². The molecule has 25 heavy (non-hydrogen) atoms. The van der Waals surface area contributed by atoms with Gasteiger partial charge >= 0.3 is 5.97 Å². The van der Waals surface area contributed by atoms with Gasteiger partial charge < -0.3 is 14.2 Å². The monoisotopic (exact) mass is 363 g/mol. The van der Waals surface area contributed by atoms with Gasteiger partial charge in [-0.3, -0.25) is 0 Å². The fourth-order valence-electron chi connectivity index (χ4n) is 2.24. The van der Waals surface area contributed by atoms with Crippen LogP contribution in [-0.2, 0) is 21.4 Å². The summed E-state index contributed by atoms with van der Waals surface area (Å²) in [7, 11) is -0.630. The summed E-state index contributed by atoms with van der Waals surface area (Å²) < 4.78 is 40.9. The fraction of sp³-hybridized carbons (Fsp3) is 0.235. The molecule has 0 amide bonds. The zero-order valence-electron chi connectivity index (χ0n) is 13.8. The standard InChI is InChI=1S/C17H17NO6S/c1-18(2)25(20,21)14-6-4-13(5-7-14)17(19)22-10-12-3-8-15-16(9-12)24-11-23-15/h3-9H,10-11H2,1-2H3. The lowest BCUT2D eigenvalue weighted by Crippen LogP contribution is -2.22. The van der Waals surface area contributed by atoms with Crippen LogP contribution in [0.1, 0.15) is 15.9 Å². The van der Waals surface area contributed by atoms with Crippen molar-refractivity contribution in [3.8, 4) is 11.5 Å². The van der Waals surface area contributed by atoms with Crippen molar-refractivity contribution in [2.45, 2.75) is 11.5 Å². The van der Waals surface area contributed by atoms with Crippen LogP contribution in [-0.4, -0.2) is 39.6 Å². The van der Waals surface area contributed by atoms with Crippen molar-refractivity contribution in [1.29, 1.82) is 0 Å². The van der Waals surface area contributed by atoms with Gasteiger partial charge in [0.05, 0.1) is 10.5 Å². The highest BCUT2D eigenvalue weighted by Gasteiger charge is 2.18. The third-order valence-electron chi connectivity index (χ3n) is 3.68. The van der Waals surface area contributed by atoms with Gasteiger partial charge in [-0.15, -0.1) is 0 Å². The zero-order chi connectivity index (χ0) is 18.0. The molecular weight excluding hydrogens is 346 g/mol. The molecule has 0 N–H and O–H groups in total. The predicted octanol–water partition coefficient (Wildman–Crippen LogP) is 2.02. The number of sulfonamides is 1. The number of benzene rings is 2. The van der Waals surface area contributed by atoms with Crippen LogP contribution in [0.15, 0.2) is 47.4 Å². The van der Waals surface area contributed by atoms with Crippen molar-refractivity contribution in [1.82, 2.24) is 4.31 Å². The molecule has 0 aliphatic carbocycles. The number of carbonyl (C=O) groups excluding carboxylic acids is 1. The Hall–Kier alpha value is -2.58. The molecule has 2 aromatic carbocycles. The summed E-state index contributed by atoms with van der Waals surface area (Å²) in [6.07, 6.45) is 0. The number of hydrogen-bond donors (Lipinski definition) is 0. The Kier molecular flexibility index (Phi) is 4.65. The maximum Gasteiger partial charge on any atom is 0.338 e. The van der Waals surface area contributed by atoms with Crippen LogP contribution in [0.25, 0.3) is 0 Å². The Morgan fingerprint density at radius 3 is 2.44 bits per heavy atom. The normalized spacial score (nSPS) is 13.1. The van der Waals surface area contributed by atoms with Crippen molar-refractivity contribution in [2.75, 3.05) is 20.9 Å². The number of nitrogens with zero attached hydrogens (tertiary/aromatic N) is 1. The minimum atomic E-state index is -3.53. The van der Waals surface area contributed by atoms with Crippen molar-refractivity contribution in [3.63, 3.8) is 0 Å². The van der Waals surface area contributed by atoms with E-state index in [1.807, 2.05) is 0 Å². The van der Waals surface area contributed by atoms with Crippen LogP contribution in [0, 0.1) is 0 Å². The third-order valence-corrected chi connectivity index (χ3v) is 5.50. The van der Waals surface area contributed by atoms with E-state index in [9.17, 15) is 13.2 Å². The number of ether oxygens (including phenoxy) is 3. The maximum absolute atomic E-state index is 12.1. The van der Waals surface area contributed by atoms with Crippen LogP contribution in [0.4, 0.5) is 0 Å². The van der Waals surface area contributed by atoms with Gasteiger partial charge in [0.2, 0.25) is 16.8 Å². The number of fused-ring (bicyclic) bond motifs is 1. The molecule has 2 aromatic rings. The van der Waals surface area contributed by atoms with Gasteiger partial charge in [0.25, 0.3) is 0 Å². The maximum atomic E-state index is 12.1. The first-order chi connectivity index (χ1) is 11.9. The average molecular weight is 363 g/mol. The van der Waals surface area contributed by atoms with E-state index in [0.717, 1.165) is 9.87 Å². The Balaban J connectivity index is 1.65. The molecule has 0 saturated carbocycles. The lowest BCUT2D eigenvalue weighted by atomic mass is 10.2. The second-order valence-electron chi connectivity index (χ2n) is 5.58. The smallest absolute Gasteiger partial charge is 0.338 e. The summed E-state index contributed by atoms with van der Waals surface area (Å²) in [4.78, 5) is 12.2. The lowest BCUT2D eigenvalue weighted by Gasteiger charge is -2.11. The molecule has 7 nitrogen and oxygen atoms in total. The molecule has 0 unspecified atom stereocenters. The lowest BCUT2D eigenvalue weighted by molar-refractivity contribution is 0.0472. The summed E-state index contributed by atoms with van der Waals surface area (Å²) in [5, 5.41) is 0. The van der Waals surface area contributed by atoms with E-state index >= 15 is 0 Å². The molecule has 0 spiro atoms. The summed E-state index contributed by atoms with van der Waals surface area (Å²) in [5.74, 6) is 0.742. The SMILES string of the molecule is CN(C)S(=O)(=O)c1ccc(C(=O)OCc2ccc3c(c2)OCO3)cc1. The highest BCUT2D eigenvalue weighted by atomic mass is 32.2. The predicted molar refractivity (Wildman–Crippen MR) is 89.0 cm³/mol. The molecule has 0 aromatic heterocycles. The third kappa shape index (κ3) is 3.59. The molecule has 1 aliphatic rings. The summed E-state index contributed by atoms with van der Waals surface area (Å²) in [6, 6.07) is 10.9. The van der Waals surface area contributed by atoms with E-state index in [2.05, 4.69) is 0 Å². The van der Waals surface area contributed by atoms with Gasteiger partial charge in [0.15, 0.2) is 11.5 Å². The molecule has 132 valence electrons. The Morgan fingerprint density at radius 1 is 1.08 bits per heavy atom. The molecular formula is C17H17NO6S.